The molecule has 0 radical (unpaired) electrons. The van der Waals surface area contributed by atoms with Gasteiger partial charge in [-0.25, -0.2) is 10.2 Å². The number of amides is 2. The second-order valence-corrected chi connectivity index (χ2v) is 7.21. The van der Waals surface area contributed by atoms with Gasteiger partial charge in [0.15, 0.2) is 0 Å². The molecule has 1 aromatic heterocycles. The Kier molecular flexibility index (Phi) is 3.73. The summed E-state index contributed by atoms with van der Waals surface area (Å²) < 4.78 is 0. The molecule has 1 fully saturated rings. The van der Waals surface area contributed by atoms with Gasteiger partial charge >= 0.3 is 5.97 Å². The van der Waals surface area contributed by atoms with Gasteiger partial charge in [-0.15, -0.1) is 0 Å². The minimum atomic E-state index is -1.16. The molecule has 2 heterocycles. The van der Waals surface area contributed by atoms with Crippen LogP contribution in [0.3, 0.4) is 0 Å². The highest BCUT2D eigenvalue weighted by atomic mass is 16.4. The van der Waals surface area contributed by atoms with Crippen molar-refractivity contribution in [2.45, 2.75) is 12.3 Å². The molecule has 8 nitrogen and oxygen atoms in total. The number of benzene rings is 2. The lowest BCUT2D eigenvalue weighted by Gasteiger charge is -2.08. The molecule has 5 rings (SSSR count). The molecule has 2 aliphatic rings. The highest BCUT2D eigenvalue weighted by molar-refractivity contribution is 6.19. The summed E-state index contributed by atoms with van der Waals surface area (Å²) in [4.78, 5) is 39.4. The smallest absolute Gasteiger partial charge is 0.353 e. The van der Waals surface area contributed by atoms with Crippen LogP contribution in [0, 0.1) is 5.92 Å². The number of anilines is 1. The van der Waals surface area contributed by atoms with Crippen LogP contribution in [0.25, 0.3) is 10.9 Å². The predicted molar refractivity (Wildman–Crippen MR) is 106 cm³/mol. The van der Waals surface area contributed by atoms with Crippen molar-refractivity contribution < 1.29 is 19.5 Å². The fourth-order valence-electron chi connectivity index (χ4n) is 3.91. The molecule has 29 heavy (non-hydrogen) atoms. The normalized spacial score (nSPS) is 19.5. The van der Waals surface area contributed by atoms with Crippen molar-refractivity contribution in [3.8, 4) is 0 Å². The fraction of sp³-hybridized carbons (Fsp3) is 0.143. The maximum atomic E-state index is 12.7. The van der Waals surface area contributed by atoms with Crippen LogP contribution in [0.5, 0.6) is 0 Å². The molecular formula is C21H16N4O4. The Labute approximate surface area is 164 Å². The number of hydrazone groups is 1. The third-order valence-corrected chi connectivity index (χ3v) is 5.38. The summed E-state index contributed by atoms with van der Waals surface area (Å²) >= 11 is 0. The number of carbonyl (C=O) groups is 3. The highest BCUT2D eigenvalue weighted by Gasteiger charge is 2.43. The number of H-pyrrole nitrogens is 1. The Balaban J connectivity index is 1.48. The summed E-state index contributed by atoms with van der Waals surface area (Å²) in [6.07, 6.45) is 2.08. The molecule has 2 aromatic carbocycles. The molecule has 1 saturated carbocycles. The van der Waals surface area contributed by atoms with Crippen LogP contribution in [-0.4, -0.2) is 34.1 Å². The number of nitrogens with one attached hydrogen (secondary N) is 3. The van der Waals surface area contributed by atoms with Gasteiger partial charge in [-0.05, 0) is 30.0 Å². The zero-order chi connectivity index (χ0) is 20.1. The zero-order valence-electron chi connectivity index (χ0n) is 15.1. The van der Waals surface area contributed by atoms with E-state index >= 15 is 0 Å². The molecule has 0 saturated heterocycles. The molecule has 0 bridgehead atoms. The van der Waals surface area contributed by atoms with E-state index in [9.17, 15) is 19.5 Å². The summed E-state index contributed by atoms with van der Waals surface area (Å²) in [5.41, 5.74) is 4.89. The molecule has 144 valence electrons. The standard InChI is InChI=1S/C21H16N4O4/c26-19(13-8-12(13)10-4-2-1-3-5-10)23-11-6-14-17-15(9-22-25-20(14)27)18(21(28)29)24-16(17)7-11/h1-7,9,12-13,24H,8H2,(H,23,26)(H,25,27)(H,28,29)/t12-,13+/m0/s1. The van der Waals surface area contributed by atoms with Crippen molar-refractivity contribution in [2.24, 2.45) is 11.0 Å². The van der Waals surface area contributed by atoms with Gasteiger partial charge < -0.3 is 15.4 Å². The number of nitrogens with zero attached hydrogens (tertiary/aromatic N) is 1. The average molecular weight is 388 g/mol. The Bertz CT molecular complexity index is 1210. The van der Waals surface area contributed by atoms with Crippen LogP contribution in [0.1, 0.15) is 44.3 Å². The van der Waals surface area contributed by atoms with E-state index in [2.05, 4.69) is 20.8 Å². The largest absolute Gasteiger partial charge is 0.477 e. The van der Waals surface area contributed by atoms with Gasteiger partial charge in [0, 0.05) is 28.1 Å². The van der Waals surface area contributed by atoms with Crippen LogP contribution in [0.4, 0.5) is 5.69 Å². The van der Waals surface area contributed by atoms with Gasteiger partial charge in [-0.3, -0.25) is 9.59 Å². The lowest BCUT2D eigenvalue weighted by molar-refractivity contribution is -0.117. The lowest BCUT2D eigenvalue weighted by Crippen LogP contribution is -2.18. The Morgan fingerprint density at radius 3 is 2.72 bits per heavy atom. The Morgan fingerprint density at radius 2 is 1.97 bits per heavy atom. The maximum Gasteiger partial charge on any atom is 0.353 e. The number of aromatic carboxylic acids is 1. The van der Waals surface area contributed by atoms with E-state index in [1.54, 1.807) is 12.1 Å². The van der Waals surface area contributed by atoms with Crippen molar-refractivity contribution in [3.05, 3.63) is 64.8 Å². The number of carbonyl (C=O) groups excluding carboxylic acids is 2. The predicted octanol–water partition coefficient (Wildman–Crippen LogP) is 2.69. The number of aromatic amines is 1. The minimum Gasteiger partial charge on any atom is -0.477 e. The van der Waals surface area contributed by atoms with E-state index in [-0.39, 0.29) is 29.0 Å². The number of carboxylic acid groups (broad SMARTS) is 1. The Hall–Kier alpha value is -3.94. The molecular weight excluding hydrogens is 372 g/mol. The molecule has 0 spiro atoms. The third kappa shape index (κ3) is 2.85. The van der Waals surface area contributed by atoms with E-state index < -0.39 is 11.9 Å². The number of rotatable bonds is 4. The van der Waals surface area contributed by atoms with E-state index in [1.165, 1.54) is 6.21 Å². The molecule has 2 atom stereocenters. The van der Waals surface area contributed by atoms with E-state index in [4.69, 9.17) is 0 Å². The number of hydrogen-bond donors (Lipinski definition) is 4. The molecule has 0 unspecified atom stereocenters. The summed E-state index contributed by atoms with van der Waals surface area (Å²) in [6, 6.07) is 13.1. The molecule has 2 amide bonds. The van der Waals surface area contributed by atoms with Gasteiger partial charge in [-0.1, -0.05) is 30.3 Å². The van der Waals surface area contributed by atoms with Crippen LogP contribution in [-0.2, 0) is 4.79 Å². The monoisotopic (exact) mass is 388 g/mol. The zero-order valence-corrected chi connectivity index (χ0v) is 15.1. The average Bonchev–Trinajstić information content (AvgIpc) is 3.45. The van der Waals surface area contributed by atoms with Crippen molar-refractivity contribution in [3.63, 3.8) is 0 Å². The van der Waals surface area contributed by atoms with Crippen LogP contribution in [0.15, 0.2) is 47.6 Å². The van der Waals surface area contributed by atoms with Crippen LogP contribution >= 0.6 is 0 Å². The van der Waals surface area contributed by atoms with Crippen molar-refractivity contribution in [1.29, 1.82) is 0 Å². The topological polar surface area (TPSA) is 124 Å². The van der Waals surface area contributed by atoms with Gasteiger partial charge in [0.25, 0.3) is 5.91 Å². The minimum absolute atomic E-state index is 0.0590. The van der Waals surface area contributed by atoms with E-state index in [0.29, 0.717) is 22.2 Å². The summed E-state index contributed by atoms with van der Waals surface area (Å²) in [5.74, 6) is -1.68. The van der Waals surface area contributed by atoms with Crippen molar-refractivity contribution >= 4 is 40.6 Å². The summed E-state index contributed by atoms with van der Waals surface area (Å²) in [7, 11) is 0. The van der Waals surface area contributed by atoms with E-state index in [0.717, 1.165) is 12.0 Å². The second-order valence-electron chi connectivity index (χ2n) is 7.21. The number of aromatic nitrogens is 1. The second kappa shape index (κ2) is 6.30. The molecule has 3 aromatic rings. The first-order valence-electron chi connectivity index (χ1n) is 9.15. The summed E-state index contributed by atoms with van der Waals surface area (Å²) in [6.45, 7) is 0. The lowest BCUT2D eigenvalue weighted by atomic mass is 10.0. The van der Waals surface area contributed by atoms with E-state index in [1.807, 2.05) is 30.3 Å². The van der Waals surface area contributed by atoms with Gasteiger partial charge in [0.05, 0.1) is 11.8 Å². The first-order chi connectivity index (χ1) is 14.0. The maximum absolute atomic E-state index is 12.7. The number of hydrogen-bond acceptors (Lipinski definition) is 4. The highest BCUT2D eigenvalue weighted by Crippen LogP contribution is 2.48. The quantitative estimate of drug-likeness (QED) is 0.548. The third-order valence-electron chi connectivity index (χ3n) is 5.38. The first kappa shape index (κ1) is 17.2. The van der Waals surface area contributed by atoms with Crippen molar-refractivity contribution in [1.82, 2.24) is 10.4 Å². The van der Waals surface area contributed by atoms with Gasteiger partial charge in [0.1, 0.15) is 5.69 Å². The summed E-state index contributed by atoms with van der Waals surface area (Å²) in [5, 5.41) is 16.6. The SMILES string of the molecule is O=C(O)c1[nH]c2cc(NC(=O)[C@@H]3C[C@H]3c3ccccc3)cc3c2c1C=NNC3=O. The number of carboxylic acids is 1. The fourth-order valence-corrected chi connectivity index (χ4v) is 3.91. The first-order valence-corrected chi connectivity index (χ1v) is 9.15. The van der Waals surface area contributed by atoms with Gasteiger partial charge in [-0.2, -0.15) is 5.10 Å². The molecule has 8 heteroatoms. The molecule has 1 aliphatic carbocycles. The van der Waals surface area contributed by atoms with Crippen LogP contribution < -0.4 is 10.7 Å². The van der Waals surface area contributed by atoms with Crippen molar-refractivity contribution in [2.75, 3.05) is 5.32 Å². The Morgan fingerprint density at radius 1 is 1.17 bits per heavy atom. The van der Waals surface area contributed by atoms with Crippen LogP contribution in [0.2, 0.25) is 0 Å². The molecule has 1 aliphatic heterocycles. The van der Waals surface area contributed by atoms with Gasteiger partial charge in [0.2, 0.25) is 5.91 Å². The molecule has 4 N–H and O–H groups in total.